The van der Waals surface area contributed by atoms with E-state index in [0.717, 1.165) is 38.4 Å². The van der Waals surface area contributed by atoms with Crippen molar-refractivity contribution in [2.45, 2.75) is 45.1 Å². The number of fused-ring (bicyclic) bond motifs is 1. The third-order valence-corrected chi connectivity index (χ3v) is 5.18. The van der Waals surface area contributed by atoms with E-state index in [-0.39, 0.29) is 5.91 Å². The van der Waals surface area contributed by atoms with E-state index in [1.165, 1.54) is 18.5 Å². The fourth-order valence-electron chi connectivity index (χ4n) is 3.99. The van der Waals surface area contributed by atoms with Crippen LogP contribution in [-0.2, 0) is 11.2 Å². The third kappa shape index (κ3) is 2.98. The zero-order valence-corrected chi connectivity index (χ0v) is 13.2. The highest BCUT2D eigenvalue weighted by Crippen LogP contribution is 2.35. The molecule has 1 heterocycles. The van der Waals surface area contributed by atoms with E-state index in [0.29, 0.717) is 6.04 Å². The maximum atomic E-state index is 11.6. The van der Waals surface area contributed by atoms with Crippen LogP contribution in [0.25, 0.3) is 0 Å². The van der Waals surface area contributed by atoms with E-state index in [9.17, 15) is 4.79 Å². The summed E-state index contributed by atoms with van der Waals surface area (Å²) >= 11 is 0. The summed E-state index contributed by atoms with van der Waals surface area (Å²) in [5, 5.41) is 0. The molecule has 0 saturated carbocycles. The standard InChI is InChI=1S/C18H26N2O/c1-3-20(14(2)21)17-8-10-19(11-9-17)13-16-12-15-6-4-5-7-18(15)16/h4-7,16-17H,3,8-13H2,1-2H3. The highest BCUT2D eigenvalue weighted by Gasteiger charge is 2.30. The number of rotatable bonds is 4. The SMILES string of the molecule is CCN(C(C)=O)C1CCN(CC2Cc3ccccc32)CC1. The molecule has 1 aliphatic carbocycles. The highest BCUT2D eigenvalue weighted by atomic mass is 16.2. The molecule has 0 N–H and O–H groups in total. The minimum absolute atomic E-state index is 0.226. The molecule has 3 rings (SSSR count). The fourth-order valence-corrected chi connectivity index (χ4v) is 3.99. The molecule has 2 aliphatic rings. The molecule has 1 unspecified atom stereocenters. The van der Waals surface area contributed by atoms with Crippen molar-refractivity contribution in [1.82, 2.24) is 9.80 Å². The fraction of sp³-hybridized carbons (Fsp3) is 0.611. The van der Waals surface area contributed by atoms with E-state index in [1.54, 1.807) is 12.5 Å². The van der Waals surface area contributed by atoms with Crippen LogP contribution < -0.4 is 0 Å². The molecule has 21 heavy (non-hydrogen) atoms. The number of carbonyl (C=O) groups is 1. The Morgan fingerprint density at radius 2 is 2.00 bits per heavy atom. The predicted octanol–water partition coefficient (Wildman–Crippen LogP) is 2.66. The molecule has 1 aromatic carbocycles. The average Bonchev–Trinajstić information content (AvgIpc) is 2.47. The van der Waals surface area contributed by atoms with Gasteiger partial charge in [0.1, 0.15) is 0 Å². The van der Waals surface area contributed by atoms with E-state index in [1.807, 2.05) is 4.90 Å². The number of amides is 1. The molecule has 1 saturated heterocycles. The summed E-state index contributed by atoms with van der Waals surface area (Å²) < 4.78 is 0. The van der Waals surface area contributed by atoms with Gasteiger partial charge in [0, 0.05) is 45.1 Å². The maximum absolute atomic E-state index is 11.6. The largest absolute Gasteiger partial charge is 0.340 e. The van der Waals surface area contributed by atoms with E-state index in [4.69, 9.17) is 0 Å². The number of hydrogen-bond acceptors (Lipinski definition) is 2. The summed E-state index contributed by atoms with van der Waals surface area (Å²) in [6.07, 6.45) is 3.49. The number of nitrogens with zero attached hydrogens (tertiary/aromatic N) is 2. The van der Waals surface area contributed by atoms with Crippen LogP contribution in [0.4, 0.5) is 0 Å². The molecule has 1 atom stereocenters. The lowest BCUT2D eigenvalue weighted by Crippen LogP contribution is -2.47. The Kier molecular flexibility index (Phi) is 4.29. The number of hydrogen-bond donors (Lipinski definition) is 0. The van der Waals surface area contributed by atoms with Crippen LogP contribution >= 0.6 is 0 Å². The maximum Gasteiger partial charge on any atom is 0.219 e. The highest BCUT2D eigenvalue weighted by molar-refractivity contribution is 5.73. The lowest BCUT2D eigenvalue weighted by molar-refractivity contribution is -0.131. The smallest absolute Gasteiger partial charge is 0.219 e. The molecular formula is C18H26N2O. The van der Waals surface area contributed by atoms with Crippen molar-refractivity contribution in [3.8, 4) is 0 Å². The van der Waals surface area contributed by atoms with Crippen LogP contribution in [0.1, 0.15) is 43.7 Å². The van der Waals surface area contributed by atoms with Gasteiger partial charge in [-0.2, -0.15) is 0 Å². The Labute approximate surface area is 127 Å². The van der Waals surface area contributed by atoms with Gasteiger partial charge in [-0.25, -0.2) is 0 Å². The predicted molar refractivity (Wildman–Crippen MR) is 85.4 cm³/mol. The van der Waals surface area contributed by atoms with Gasteiger partial charge in [0.05, 0.1) is 0 Å². The van der Waals surface area contributed by atoms with Crippen LogP contribution in [0.5, 0.6) is 0 Å². The Hall–Kier alpha value is -1.35. The minimum atomic E-state index is 0.226. The second kappa shape index (κ2) is 6.18. The first kappa shape index (κ1) is 14.6. The van der Waals surface area contributed by atoms with Crippen molar-refractivity contribution in [3.05, 3.63) is 35.4 Å². The van der Waals surface area contributed by atoms with Crippen LogP contribution in [-0.4, -0.2) is 47.9 Å². The van der Waals surface area contributed by atoms with Crippen LogP contribution in [0, 0.1) is 0 Å². The van der Waals surface area contributed by atoms with E-state index in [2.05, 4.69) is 36.1 Å². The monoisotopic (exact) mass is 286 g/mol. The lowest BCUT2D eigenvalue weighted by atomic mass is 9.77. The van der Waals surface area contributed by atoms with Crippen molar-refractivity contribution < 1.29 is 4.79 Å². The first-order valence-corrected chi connectivity index (χ1v) is 8.26. The first-order chi connectivity index (χ1) is 10.2. The van der Waals surface area contributed by atoms with Gasteiger partial charge in [0.15, 0.2) is 0 Å². The van der Waals surface area contributed by atoms with Gasteiger partial charge in [-0.05, 0) is 37.3 Å². The Balaban J connectivity index is 1.50. The van der Waals surface area contributed by atoms with Gasteiger partial charge in [-0.15, -0.1) is 0 Å². The molecule has 1 amide bonds. The zero-order valence-electron chi connectivity index (χ0n) is 13.2. The molecule has 1 aliphatic heterocycles. The summed E-state index contributed by atoms with van der Waals surface area (Å²) in [6.45, 7) is 8.08. The van der Waals surface area contributed by atoms with E-state index >= 15 is 0 Å². The third-order valence-electron chi connectivity index (χ3n) is 5.18. The number of likely N-dealkylation sites (tertiary alicyclic amines) is 1. The second-order valence-electron chi connectivity index (χ2n) is 6.44. The van der Waals surface area contributed by atoms with Crippen molar-refractivity contribution in [3.63, 3.8) is 0 Å². The number of piperidine rings is 1. The normalized spacial score (nSPS) is 22.5. The minimum Gasteiger partial charge on any atom is -0.340 e. The molecule has 1 aromatic rings. The van der Waals surface area contributed by atoms with Gasteiger partial charge >= 0.3 is 0 Å². The van der Waals surface area contributed by atoms with Crippen LogP contribution in [0.15, 0.2) is 24.3 Å². The molecule has 0 bridgehead atoms. The summed E-state index contributed by atoms with van der Waals surface area (Å²) in [5.41, 5.74) is 3.09. The molecule has 1 fully saturated rings. The van der Waals surface area contributed by atoms with Crippen molar-refractivity contribution in [1.29, 1.82) is 0 Å². The van der Waals surface area contributed by atoms with Gasteiger partial charge in [0.25, 0.3) is 0 Å². The number of carbonyl (C=O) groups excluding carboxylic acids is 1. The average molecular weight is 286 g/mol. The van der Waals surface area contributed by atoms with Crippen molar-refractivity contribution >= 4 is 5.91 Å². The summed E-state index contributed by atoms with van der Waals surface area (Å²) in [4.78, 5) is 16.3. The Morgan fingerprint density at radius 1 is 1.29 bits per heavy atom. The topological polar surface area (TPSA) is 23.6 Å². The Bertz CT molecular complexity index is 506. The van der Waals surface area contributed by atoms with Crippen molar-refractivity contribution in [2.75, 3.05) is 26.2 Å². The summed E-state index contributed by atoms with van der Waals surface area (Å²) in [6, 6.07) is 9.29. The quantitative estimate of drug-likeness (QED) is 0.849. The van der Waals surface area contributed by atoms with Crippen LogP contribution in [0.3, 0.4) is 0 Å². The Morgan fingerprint density at radius 3 is 2.62 bits per heavy atom. The molecular weight excluding hydrogens is 260 g/mol. The van der Waals surface area contributed by atoms with Gasteiger partial charge < -0.3 is 9.80 Å². The van der Waals surface area contributed by atoms with E-state index < -0.39 is 0 Å². The van der Waals surface area contributed by atoms with Gasteiger partial charge in [0.2, 0.25) is 5.91 Å². The number of benzene rings is 1. The molecule has 3 nitrogen and oxygen atoms in total. The summed E-state index contributed by atoms with van der Waals surface area (Å²) in [7, 11) is 0. The zero-order chi connectivity index (χ0) is 14.8. The van der Waals surface area contributed by atoms with Crippen LogP contribution in [0.2, 0.25) is 0 Å². The summed E-state index contributed by atoms with van der Waals surface area (Å²) in [5.74, 6) is 0.955. The molecule has 114 valence electrons. The molecule has 0 aromatic heterocycles. The van der Waals surface area contributed by atoms with Crippen molar-refractivity contribution in [2.24, 2.45) is 0 Å². The van der Waals surface area contributed by atoms with Gasteiger partial charge in [-0.1, -0.05) is 24.3 Å². The second-order valence-corrected chi connectivity index (χ2v) is 6.44. The van der Waals surface area contributed by atoms with Gasteiger partial charge in [-0.3, -0.25) is 4.79 Å². The first-order valence-electron chi connectivity index (χ1n) is 8.26. The molecule has 3 heteroatoms. The molecule has 0 spiro atoms. The lowest BCUT2D eigenvalue weighted by Gasteiger charge is -2.41. The molecule has 0 radical (unpaired) electrons.